The fourth-order valence-electron chi connectivity index (χ4n) is 2.63. The number of ketones is 1. The summed E-state index contributed by atoms with van der Waals surface area (Å²) in [6.07, 6.45) is 1.78. The van der Waals surface area contributed by atoms with Gasteiger partial charge in [0.15, 0.2) is 5.78 Å². The summed E-state index contributed by atoms with van der Waals surface area (Å²) in [5.41, 5.74) is 4.45. The Morgan fingerprint density at radius 3 is 2.33 bits per heavy atom. The van der Waals surface area contributed by atoms with E-state index in [2.05, 4.69) is 48.2 Å². The maximum atomic E-state index is 12.1. The minimum Gasteiger partial charge on any atom is -0.340 e. The minimum absolute atomic E-state index is 0.0266. The Labute approximate surface area is 125 Å². The van der Waals surface area contributed by atoms with E-state index in [1.165, 1.54) is 5.56 Å². The second kappa shape index (κ2) is 5.57. The van der Waals surface area contributed by atoms with Crippen LogP contribution in [0.15, 0.2) is 60.7 Å². The highest BCUT2D eigenvalue weighted by atomic mass is 16.1. The molecule has 0 radical (unpaired) electrons. The third-order valence-electron chi connectivity index (χ3n) is 3.93. The van der Waals surface area contributed by atoms with E-state index in [1.807, 2.05) is 25.1 Å². The molecule has 0 aliphatic carbocycles. The zero-order chi connectivity index (χ0) is 14.8. The van der Waals surface area contributed by atoms with E-state index in [0.717, 1.165) is 23.5 Å². The average Bonchev–Trinajstić information content (AvgIpc) is 2.51. The van der Waals surface area contributed by atoms with Crippen LogP contribution in [0.2, 0.25) is 0 Å². The third kappa shape index (κ3) is 2.75. The van der Waals surface area contributed by atoms with Gasteiger partial charge in [-0.15, -0.1) is 0 Å². The Hall–Kier alpha value is -2.35. The third-order valence-corrected chi connectivity index (χ3v) is 3.93. The summed E-state index contributed by atoms with van der Waals surface area (Å²) in [4.78, 5) is 14.3. The number of rotatable bonds is 2. The van der Waals surface area contributed by atoms with Crippen LogP contribution < -0.4 is 4.90 Å². The number of carbonyl (C=O) groups excluding carboxylic acids is 1. The molecule has 21 heavy (non-hydrogen) atoms. The Balaban J connectivity index is 2.06. The Kier molecular flexibility index (Phi) is 3.61. The number of nitrogens with zero attached hydrogens (tertiary/aromatic N) is 1. The fourth-order valence-corrected chi connectivity index (χ4v) is 2.63. The van der Waals surface area contributed by atoms with Gasteiger partial charge in [0.2, 0.25) is 0 Å². The van der Waals surface area contributed by atoms with Gasteiger partial charge in [-0.25, -0.2) is 0 Å². The molecule has 0 saturated heterocycles. The molecular formula is C19H19NO. The maximum Gasteiger partial charge on any atom is 0.162 e. The number of benzene rings is 2. The van der Waals surface area contributed by atoms with Crippen molar-refractivity contribution >= 4 is 17.2 Å². The van der Waals surface area contributed by atoms with Gasteiger partial charge in [-0.1, -0.05) is 55.0 Å². The van der Waals surface area contributed by atoms with Gasteiger partial charge in [-0.2, -0.15) is 0 Å². The largest absolute Gasteiger partial charge is 0.340 e. The quantitative estimate of drug-likeness (QED) is 0.825. The lowest BCUT2D eigenvalue weighted by molar-refractivity contribution is -0.117. The lowest BCUT2D eigenvalue weighted by Crippen LogP contribution is -2.35. The van der Waals surface area contributed by atoms with Crippen molar-refractivity contribution in [1.82, 2.24) is 0 Å². The van der Waals surface area contributed by atoms with Crippen LogP contribution in [-0.2, 0) is 4.79 Å². The highest BCUT2D eigenvalue weighted by Crippen LogP contribution is 2.31. The molecule has 1 aliphatic heterocycles. The van der Waals surface area contributed by atoms with Gasteiger partial charge in [-0.3, -0.25) is 4.79 Å². The van der Waals surface area contributed by atoms with E-state index in [-0.39, 0.29) is 11.7 Å². The van der Waals surface area contributed by atoms with Crippen molar-refractivity contribution in [3.63, 3.8) is 0 Å². The Morgan fingerprint density at radius 1 is 1.00 bits per heavy atom. The smallest absolute Gasteiger partial charge is 0.162 e. The van der Waals surface area contributed by atoms with E-state index in [0.29, 0.717) is 0 Å². The van der Waals surface area contributed by atoms with Crippen molar-refractivity contribution in [1.29, 1.82) is 0 Å². The second-order valence-corrected chi connectivity index (χ2v) is 5.65. The predicted octanol–water partition coefficient (Wildman–Crippen LogP) is 4.06. The molecule has 0 bridgehead atoms. The number of aryl methyl sites for hydroxylation is 1. The van der Waals surface area contributed by atoms with Gasteiger partial charge >= 0.3 is 0 Å². The van der Waals surface area contributed by atoms with E-state index < -0.39 is 0 Å². The Bertz CT molecular complexity index is 670. The van der Waals surface area contributed by atoms with Gasteiger partial charge in [-0.05, 0) is 24.6 Å². The van der Waals surface area contributed by atoms with E-state index >= 15 is 0 Å². The van der Waals surface area contributed by atoms with Crippen molar-refractivity contribution < 1.29 is 4.79 Å². The standard InChI is InChI=1S/C19H19NO/c1-14-8-10-17(11-9-14)20-13-15(2)19(21)12-18(20)16-6-4-3-5-7-16/h3-12,15H,13H2,1-2H3. The van der Waals surface area contributed by atoms with Crippen LogP contribution in [0, 0.1) is 12.8 Å². The zero-order valence-corrected chi connectivity index (χ0v) is 12.4. The molecule has 2 heteroatoms. The van der Waals surface area contributed by atoms with Gasteiger partial charge < -0.3 is 4.90 Å². The van der Waals surface area contributed by atoms with Crippen LogP contribution in [0.5, 0.6) is 0 Å². The SMILES string of the molecule is Cc1ccc(N2CC(C)C(=O)C=C2c2ccccc2)cc1. The summed E-state index contributed by atoms with van der Waals surface area (Å²) >= 11 is 0. The van der Waals surface area contributed by atoms with Crippen molar-refractivity contribution in [3.8, 4) is 0 Å². The van der Waals surface area contributed by atoms with Gasteiger partial charge in [0, 0.05) is 24.2 Å². The van der Waals surface area contributed by atoms with Gasteiger partial charge in [0.1, 0.15) is 0 Å². The monoisotopic (exact) mass is 277 g/mol. The summed E-state index contributed by atoms with van der Waals surface area (Å²) in [6.45, 7) is 4.80. The number of anilines is 1. The van der Waals surface area contributed by atoms with Crippen LogP contribution in [0.1, 0.15) is 18.1 Å². The molecule has 2 nitrogen and oxygen atoms in total. The molecule has 0 N–H and O–H groups in total. The van der Waals surface area contributed by atoms with Crippen LogP contribution >= 0.6 is 0 Å². The summed E-state index contributed by atoms with van der Waals surface area (Å²) in [5, 5.41) is 0. The fraction of sp³-hybridized carbons (Fsp3) is 0.211. The predicted molar refractivity (Wildman–Crippen MR) is 87.1 cm³/mol. The average molecular weight is 277 g/mol. The molecule has 0 spiro atoms. The lowest BCUT2D eigenvalue weighted by atomic mass is 9.96. The van der Waals surface area contributed by atoms with Crippen molar-refractivity contribution in [3.05, 3.63) is 71.8 Å². The van der Waals surface area contributed by atoms with Crippen LogP contribution in [0.3, 0.4) is 0 Å². The minimum atomic E-state index is 0.0266. The molecular weight excluding hydrogens is 258 g/mol. The zero-order valence-electron chi connectivity index (χ0n) is 12.4. The molecule has 0 amide bonds. The molecule has 1 heterocycles. The number of carbonyl (C=O) groups is 1. The maximum absolute atomic E-state index is 12.1. The molecule has 106 valence electrons. The first kappa shape index (κ1) is 13.6. The first-order chi connectivity index (χ1) is 10.1. The number of allylic oxidation sites excluding steroid dienone is 1. The molecule has 0 saturated carbocycles. The van der Waals surface area contributed by atoms with Crippen molar-refractivity contribution in [2.24, 2.45) is 5.92 Å². The molecule has 2 aromatic rings. The first-order valence-electron chi connectivity index (χ1n) is 7.30. The molecule has 1 aliphatic rings. The summed E-state index contributed by atoms with van der Waals surface area (Å²) in [5.74, 6) is 0.232. The van der Waals surface area contributed by atoms with Gasteiger partial charge in [0.25, 0.3) is 0 Å². The number of hydrogen-bond donors (Lipinski definition) is 0. The second-order valence-electron chi connectivity index (χ2n) is 5.65. The molecule has 0 fully saturated rings. The van der Waals surface area contributed by atoms with Crippen LogP contribution in [-0.4, -0.2) is 12.3 Å². The Morgan fingerprint density at radius 2 is 1.67 bits per heavy atom. The first-order valence-corrected chi connectivity index (χ1v) is 7.30. The molecule has 1 atom stereocenters. The topological polar surface area (TPSA) is 20.3 Å². The molecule has 1 unspecified atom stereocenters. The molecule has 3 rings (SSSR count). The van der Waals surface area contributed by atoms with Crippen LogP contribution in [0.25, 0.3) is 5.70 Å². The highest BCUT2D eigenvalue weighted by molar-refractivity contribution is 6.03. The number of hydrogen-bond acceptors (Lipinski definition) is 2. The summed E-state index contributed by atoms with van der Waals surface area (Å²) < 4.78 is 0. The van der Waals surface area contributed by atoms with E-state index in [9.17, 15) is 4.79 Å². The summed E-state index contributed by atoms with van der Waals surface area (Å²) in [6, 6.07) is 18.6. The van der Waals surface area contributed by atoms with Crippen molar-refractivity contribution in [2.75, 3.05) is 11.4 Å². The summed E-state index contributed by atoms with van der Waals surface area (Å²) in [7, 11) is 0. The molecule has 2 aromatic carbocycles. The normalized spacial score (nSPS) is 18.6. The van der Waals surface area contributed by atoms with Crippen molar-refractivity contribution in [2.45, 2.75) is 13.8 Å². The van der Waals surface area contributed by atoms with E-state index in [1.54, 1.807) is 6.08 Å². The lowest BCUT2D eigenvalue weighted by Gasteiger charge is -2.33. The van der Waals surface area contributed by atoms with E-state index in [4.69, 9.17) is 0 Å². The highest BCUT2D eigenvalue weighted by Gasteiger charge is 2.26. The van der Waals surface area contributed by atoms with Gasteiger partial charge in [0.05, 0.1) is 5.70 Å². The molecule has 0 aromatic heterocycles. The van der Waals surface area contributed by atoms with Crippen LogP contribution in [0.4, 0.5) is 5.69 Å².